The molecule has 0 saturated carbocycles. The molecule has 2 rings (SSSR count). The van der Waals surface area contributed by atoms with Gasteiger partial charge in [-0.05, 0) is 11.6 Å². The lowest BCUT2D eigenvalue weighted by Gasteiger charge is -2.05. The highest BCUT2D eigenvalue weighted by atomic mass is 16.4. The summed E-state index contributed by atoms with van der Waals surface area (Å²) < 4.78 is 0. The van der Waals surface area contributed by atoms with Crippen molar-refractivity contribution in [3.8, 4) is 0 Å². The molecule has 2 N–H and O–H groups in total. The summed E-state index contributed by atoms with van der Waals surface area (Å²) >= 11 is 0. The first kappa shape index (κ1) is 11.8. The van der Waals surface area contributed by atoms with Gasteiger partial charge in [-0.25, -0.2) is 4.79 Å². The molecular weight excluding hydrogens is 242 g/mol. The minimum Gasteiger partial charge on any atom is -0.481 e. The zero-order valence-electron chi connectivity index (χ0n) is 8.91. The van der Waals surface area contributed by atoms with E-state index in [1.807, 2.05) is 0 Å². The lowest BCUT2D eigenvalue weighted by molar-refractivity contribution is -0.136. The molecule has 92 valence electrons. The van der Waals surface area contributed by atoms with Gasteiger partial charge in [0.25, 0.3) is 11.8 Å². The predicted octanol–water partition coefficient (Wildman–Crippen LogP) is 0.588. The van der Waals surface area contributed by atoms with Gasteiger partial charge >= 0.3 is 12.1 Å². The third-order valence-corrected chi connectivity index (χ3v) is 2.53. The van der Waals surface area contributed by atoms with E-state index >= 15 is 0 Å². The van der Waals surface area contributed by atoms with Crippen molar-refractivity contribution in [2.75, 3.05) is 0 Å². The Hall–Kier alpha value is -2.70. The molecule has 0 aromatic heterocycles. The highest BCUT2D eigenvalue weighted by Gasteiger charge is 2.41. The molecule has 0 radical (unpaired) electrons. The summed E-state index contributed by atoms with van der Waals surface area (Å²) in [6, 6.07) is 4.08. The number of aliphatic carboxylic acids is 1. The van der Waals surface area contributed by atoms with Crippen LogP contribution >= 0.6 is 0 Å². The number of benzene rings is 1. The molecular formula is C11H7NO6. The lowest BCUT2D eigenvalue weighted by Crippen LogP contribution is -2.34. The van der Waals surface area contributed by atoms with Crippen molar-refractivity contribution < 1.29 is 29.4 Å². The first-order chi connectivity index (χ1) is 8.43. The van der Waals surface area contributed by atoms with Crippen LogP contribution in [0, 0.1) is 0 Å². The Kier molecular flexibility index (Phi) is 2.59. The van der Waals surface area contributed by atoms with E-state index in [-0.39, 0.29) is 21.6 Å². The third-order valence-electron chi connectivity index (χ3n) is 2.53. The van der Waals surface area contributed by atoms with Gasteiger partial charge in [0, 0.05) is 0 Å². The van der Waals surface area contributed by atoms with Gasteiger partial charge in [0.2, 0.25) is 0 Å². The Morgan fingerprint density at radius 2 is 1.78 bits per heavy atom. The van der Waals surface area contributed by atoms with E-state index < -0.39 is 30.3 Å². The van der Waals surface area contributed by atoms with Crippen molar-refractivity contribution in [3.05, 3.63) is 34.9 Å². The van der Waals surface area contributed by atoms with E-state index in [9.17, 15) is 19.2 Å². The van der Waals surface area contributed by atoms with Crippen LogP contribution in [-0.2, 0) is 11.2 Å². The van der Waals surface area contributed by atoms with Crippen molar-refractivity contribution in [1.82, 2.24) is 4.90 Å². The van der Waals surface area contributed by atoms with Gasteiger partial charge in [-0.2, -0.15) is 4.90 Å². The van der Waals surface area contributed by atoms with Gasteiger partial charge in [0.05, 0.1) is 17.5 Å². The predicted molar refractivity (Wildman–Crippen MR) is 56.3 cm³/mol. The molecule has 0 spiro atoms. The molecule has 1 heterocycles. The number of rotatable bonds is 2. The Balaban J connectivity index is 2.57. The summed E-state index contributed by atoms with van der Waals surface area (Å²) in [5.74, 6) is -3.12. The zero-order valence-corrected chi connectivity index (χ0v) is 8.91. The minimum absolute atomic E-state index is 0.0794. The number of amides is 3. The Morgan fingerprint density at radius 3 is 2.33 bits per heavy atom. The second-order valence-electron chi connectivity index (χ2n) is 3.64. The summed E-state index contributed by atoms with van der Waals surface area (Å²) in [5, 5.41) is 17.5. The summed E-state index contributed by atoms with van der Waals surface area (Å²) in [7, 11) is 0. The highest BCUT2D eigenvalue weighted by molar-refractivity contribution is 6.28. The lowest BCUT2D eigenvalue weighted by atomic mass is 10.0. The smallest absolute Gasteiger partial charge is 0.421 e. The molecule has 1 aromatic carbocycles. The standard InChI is InChI=1S/C11H7NO6/c13-7(14)4-5-2-1-3-6-8(5)10(16)12(9(6)15)11(17)18/h1-3H,4H2,(H,13,14)(H,17,18). The summed E-state index contributed by atoms with van der Waals surface area (Å²) in [6.07, 6.45) is -2.13. The maximum atomic E-state index is 11.8. The van der Waals surface area contributed by atoms with Crippen LogP contribution in [0.15, 0.2) is 18.2 Å². The number of carboxylic acids is 1. The van der Waals surface area contributed by atoms with Crippen LogP contribution < -0.4 is 0 Å². The quantitative estimate of drug-likeness (QED) is 0.741. The van der Waals surface area contributed by atoms with Crippen LogP contribution in [0.4, 0.5) is 4.79 Å². The van der Waals surface area contributed by atoms with E-state index in [4.69, 9.17) is 10.2 Å². The Morgan fingerprint density at radius 1 is 1.11 bits per heavy atom. The van der Waals surface area contributed by atoms with Gasteiger partial charge in [-0.3, -0.25) is 14.4 Å². The monoisotopic (exact) mass is 249 g/mol. The van der Waals surface area contributed by atoms with Crippen molar-refractivity contribution in [1.29, 1.82) is 0 Å². The number of hydrogen-bond acceptors (Lipinski definition) is 4. The molecule has 0 unspecified atom stereocenters. The first-order valence-electron chi connectivity index (χ1n) is 4.89. The van der Waals surface area contributed by atoms with Crippen molar-refractivity contribution >= 4 is 23.9 Å². The van der Waals surface area contributed by atoms with E-state index in [1.54, 1.807) is 0 Å². The molecule has 3 amide bonds. The van der Waals surface area contributed by atoms with Crippen LogP contribution in [0.2, 0.25) is 0 Å². The average Bonchev–Trinajstić information content (AvgIpc) is 2.51. The number of carboxylic acid groups (broad SMARTS) is 2. The van der Waals surface area contributed by atoms with Crippen LogP contribution in [-0.4, -0.2) is 39.0 Å². The molecule has 7 nitrogen and oxygen atoms in total. The molecule has 1 aromatic rings. The highest BCUT2D eigenvalue weighted by Crippen LogP contribution is 2.26. The van der Waals surface area contributed by atoms with Crippen molar-refractivity contribution in [3.63, 3.8) is 0 Å². The zero-order chi connectivity index (χ0) is 13.4. The molecule has 0 atom stereocenters. The first-order valence-corrected chi connectivity index (χ1v) is 4.89. The topological polar surface area (TPSA) is 112 Å². The fourth-order valence-corrected chi connectivity index (χ4v) is 1.84. The van der Waals surface area contributed by atoms with Gasteiger partial charge in [-0.1, -0.05) is 12.1 Å². The van der Waals surface area contributed by atoms with E-state index in [0.717, 1.165) is 0 Å². The molecule has 7 heteroatoms. The number of hydrogen-bond donors (Lipinski definition) is 2. The summed E-state index contributed by atoms with van der Waals surface area (Å²) in [4.78, 5) is 45.0. The normalized spacial score (nSPS) is 13.7. The second kappa shape index (κ2) is 3.95. The Bertz CT molecular complexity index is 591. The van der Waals surface area contributed by atoms with Crippen molar-refractivity contribution in [2.45, 2.75) is 6.42 Å². The molecule has 0 aliphatic carbocycles. The molecule has 1 aliphatic heterocycles. The van der Waals surface area contributed by atoms with Gasteiger partial charge in [-0.15, -0.1) is 0 Å². The van der Waals surface area contributed by atoms with E-state index in [1.165, 1.54) is 18.2 Å². The molecule has 18 heavy (non-hydrogen) atoms. The minimum atomic E-state index is -1.68. The van der Waals surface area contributed by atoms with Gasteiger partial charge < -0.3 is 10.2 Å². The van der Waals surface area contributed by atoms with Gasteiger partial charge in [0.1, 0.15) is 0 Å². The fourth-order valence-electron chi connectivity index (χ4n) is 1.84. The number of fused-ring (bicyclic) bond motifs is 1. The second-order valence-corrected chi connectivity index (χ2v) is 3.64. The third kappa shape index (κ3) is 1.61. The molecule has 0 fully saturated rings. The number of imide groups is 3. The van der Waals surface area contributed by atoms with Crippen LogP contribution in [0.5, 0.6) is 0 Å². The SMILES string of the molecule is O=C(O)Cc1cccc2c1C(=O)N(C(=O)O)C2=O. The molecule has 1 aliphatic rings. The molecule has 0 bridgehead atoms. The summed E-state index contributed by atoms with van der Waals surface area (Å²) in [6.45, 7) is 0. The van der Waals surface area contributed by atoms with E-state index in [0.29, 0.717) is 0 Å². The maximum absolute atomic E-state index is 11.8. The number of carbonyl (C=O) groups excluding carboxylic acids is 2. The number of nitrogens with zero attached hydrogens (tertiary/aromatic N) is 1. The van der Waals surface area contributed by atoms with Crippen LogP contribution in [0.3, 0.4) is 0 Å². The number of carbonyl (C=O) groups is 4. The van der Waals surface area contributed by atoms with Crippen LogP contribution in [0.25, 0.3) is 0 Å². The Labute approximate surface area is 100 Å². The largest absolute Gasteiger partial charge is 0.481 e. The average molecular weight is 249 g/mol. The molecule has 0 saturated heterocycles. The maximum Gasteiger partial charge on any atom is 0.421 e. The van der Waals surface area contributed by atoms with Crippen LogP contribution in [0.1, 0.15) is 26.3 Å². The van der Waals surface area contributed by atoms with E-state index in [2.05, 4.69) is 0 Å². The summed E-state index contributed by atoms with van der Waals surface area (Å²) in [5.41, 5.74) is -0.101. The van der Waals surface area contributed by atoms with Gasteiger partial charge in [0.15, 0.2) is 0 Å². The van der Waals surface area contributed by atoms with Crippen molar-refractivity contribution in [2.24, 2.45) is 0 Å². The fraction of sp³-hybridized carbons (Fsp3) is 0.0909.